The molecule has 0 fully saturated rings. The van der Waals surface area contributed by atoms with Crippen molar-refractivity contribution in [3.8, 4) is 0 Å². The summed E-state index contributed by atoms with van der Waals surface area (Å²) in [6, 6.07) is 3.27. The molecule has 0 amide bonds. The molecule has 3 nitrogen and oxygen atoms in total. The molecule has 0 saturated heterocycles. The minimum absolute atomic E-state index is 0.133. The average Bonchev–Trinajstić information content (AvgIpc) is 2.63. The number of methoxy groups -OCH3 is 1. The van der Waals surface area contributed by atoms with Crippen LogP contribution in [-0.2, 0) is 9.53 Å². The smallest absolute Gasteiger partial charge is 0.180 e. The van der Waals surface area contributed by atoms with Crippen LogP contribution in [0, 0.1) is 0 Å². The lowest BCUT2D eigenvalue weighted by atomic mass is 10.1. The number of thiophene rings is 1. The number of ether oxygens (including phenoxy) is 1. The first-order valence-corrected chi connectivity index (χ1v) is 5.58. The van der Waals surface area contributed by atoms with E-state index in [0.29, 0.717) is 9.21 Å². The Balaban J connectivity index is 2.60. The summed E-state index contributed by atoms with van der Waals surface area (Å²) in [5, 5.41) is 0. The Bertz CT molecular complexity index is 372. The fourth-order valence-corrected chi connectivity index (χ4v) is 1.97. The van der Waals surface area contributed by atoms with Gasteiger partial charge in [-0.05, 0) is 19.1 Å². The van der Waals surface area contributed by atoms with E-state index in [1.165, 1.54) is 18.4 Å². The van der Waals surface area contributed by atoms with E-state index < -0.39 is 6.10 Å². The van der Waals surface area contributed by atoms with Gasteiger partial charge in [0, 0.05) is 7.11 Å². The second kappa shape index (κ2) is 5.39. The van der Waals surface area contributed by atoms with Crippen LogP contribution in [0.25, 0.3) is 0 Å². The summed E-state index contributed by atoms with van der Waals surface area (Å²) < 4.78 is 5.38. The van der Waals surface area contributed by atoms with E-state index in [9.17, 15) is 9.59 Å². The van der Waals surface area contributed by atoms with Crippen LogP contribution in [0.2, 0.25) is 4.34 Å². The van der Waals surface area contributed by atoms with E-state index in [-0.39, 0.29) is 18.0 Å². The molecule has 82 valence electrons. The number of carbonyl (C=O) groups excluding carboxylic acids is 2. The van der Waals surface area contributed by atoms with Gasteiger partial charge >= 0.3 is 0 Å². The summed E-state index contributed by atoms with van der Waals surface area (Å²) in [4.78, 5) is 23.5. The Morgan fingerprint density at radius 3 is 2.67 bits per heavy atom. The number of halogens is 1. The second-order valence-electron chi connectivity index (χ2n) is 3.05. The van der Waals surface area contributed by atoms with Crippen LogP contribution in [0.5, 0.6) is 0 Å². The van der Waals surface area contributed by atoms with Crippen molar-refractivity contribution in [2.45, 2.75) is 19.4 Å². The quantitative estimate of drug-likeness (QED) is 0.593. The maximum absolute atomic E-state index is 11.6. The van der Waals surface area contributed by atoms with Crippen LogP contribution in [0.15, 0.2) is 12.1 Å². The van der Waals surface area contributed by atoms with Crippen LogP contribution in [0.3, 0.4) is 0 Å². The van der Waals surface area contributed by atoms with Crippen molar-refractivity contribution in [3.63, 3.8) is 0 Å². The minimum atomic E-state index is -0.538. The molecule has 1 rings (SSSR count). The predicted octanol–water partition coefficient (Wildman–Crippen LogP) is 2.58. The fraction of sp³-hybridized carbons (Fsp3) is 0.400. The molecular formula is C10H11ClO3S. The predicted molar refractivity (Wildman–Crippen MR) is 59.8 cm³/mol. The maximum Gasteiger partial charge on any atom is 0.180 e. The topological polar surface area (TPSA) is 43.4 Å². The first kappa shape index (κ1) is 12.4. The van der Waals surface area contributed by atoms with Crippen molar-refractivity contribution in [1.82, 2.24) is 0 Å². The van der Waals surface area contributed by atoms with E-state index in [2.05, 4.69) is 0 Å². The average molecular weight is 247 g/mol. The van der Waals surface area contributed by atoms with Crippen LogP contribution in [0.1, 0.15) is 23.0 Å². The van der Waals surface area contributed by atoms with Crippen molar-refractivity contribution < 1.29 is 14.3 Å². The molecule has 15 heavy (non-hydrogen) atoms. The summed E-state index contributed by atoms with van der Waals surface area (Å²) in [5.74, 6) is -0.423. The van der Waals surface area contributed by atoms with Gasteiger partial charge in [-0.2, -0.15) is 0 Å². The second-order valence-corrected chi connectivity index (χ2v) is 4.76. The monoisotopic (exact) mass is 246 g/mol. The summed E-state index contributed by atoms with van der Waals surface area (Å²) in [6.45, 7) is 1.62. The van der Waals surface area contributed by atoms with Crippen LogP contribution < -0.4 is 0 Å². The lowest BCUT2D eigenvalue weighted by Gasteiger charge is -2.06. The highest BCUT2D eigenvalue weighted by molar-refractivity contribution is 7.18. The summed E-state index contributed by atoms with van der Waals surface area (Å²) in [5.41, 5.74) is 0. The van der Waals surface area contributed by atoms with Crippen molar-refractivity contribution >= 4 is 34.5 Å². The van der Waals surface area contributed by atoms with Crippen LogP contribution >= 0.6 is 22.9 Å². The highest BCUT2D eigenvalue weighted by atomic mass is 35.5. The fourth-order valence-electron chi connectivity index (χ4n) is 0.985. The van der Waals surface area contributed by atoms with Gasteiger partial charge in [-0.1, -0.05) is 11.6 Å². The summed E-state index contributed by atoms with van der Waals surface area (Å²) >= 11 is 6.87. The van der Waals surface area contributed by atoms with Gasteiger partial charge in [-0.25, -0.2) is 0 Å². The molecule has 1 aromatic heterocycles. The zero-order chi connectivity index (χ0) is 11.4. The Hall–Kier alpha value is -0.710. The standard InChI is InChI=1S/C10H11ClO3S/c1-6(14-2)7(12)5-8(13)9-3-4-10(11)15-9/h3-4,6H,5H2,1-2H3. The Labute approximate surface area is 97.0 Å². The molecule has 1 atom stereocenters. The van der Waals surface area contributed by atoms with Gasteiger partial charge in [0.1, 0.15) is 6.10 Å². The summed E-state index contributed by atoms with van der Waals surface area (Å²) in [6.07, 6.45) is -0.671. The van der Waals surface area contributed by atoms with Crippen LogP contribution in [-0.4, -0.2) is 24.8 Å². The first-order valence-electron chi connectivity index (χ1n) is 4.38. The highest BCUT2D eigenvalue weighted by Crippen LogP contribution is 2.22. The Morgan fingerprint density at radius 1 is 1.53 bits per heavy atom. The third kappa shape index (κ3) is 3.41. The molecule has 0 aromatic carbocycles. The molecular weight excluding hydrogens is 236 g/mol. The highest BCUT2D eigenvalue weighted by Gasteiger charge is 2.18. The number of Topliss-reactive ketones (excluding diaryl/α,β-unsaturated/α-hetero) is 2. The van der Waals surface area contributed by atoms with E-state index in [1.807, 2.05) is 0 Å². The molecule has 0 spiro atoms. The van der Waals surface area contributed by atoms with Gasteiger partial charge in [0.05, 0.1) is 15.6 Å². The lowest BCUT2D eigenvalue weighted by molar-refractivity contribution is -0.126. The Kier molecular flexibility index (Phi) is 4.45. The van der Waals surface area contributed by atoms with Gasteiger partial charge in [-0.3, -0.25) is 9.59 Å². The van der Waals surface area contributed by atoms with Crippen molar-refractivity contribution in [2.24, 2.45) is 0 Å². The normalized spacial score (nSPS) is 12.5. The summed E-state index contributed by atoms with van der Waals surface area (Å²) in [7, 11) is 1.44. The van der Waals surface area contributed by atoms with E-state index in [1.54, 1.807) is 19.1 Å². The molecule has 0 saturated carbocycles. The SMILES string of the molecule is COC(C)C(=O)CC(=O)c1ccc(Cl)s1. The van der Waals surface area contributed by atoms with Gasteiger partial charge in [-0.15, -0.1) is 11.3 Å². The number of rotatable bonds is 5. The van der Waals surface area contributed by atoms with E-state index in [4.69, 9.17) is 16.3 Å². The number of hydrogen-bond acceptors (Lipinski definition) is 4. The molecule has 0 aliphatic heterocycles. The molecule has 5 heteroatoms. The largest absolute Gasteiger partial charge is 0.374 e. The molecule has 0 radical (unpaired) electrons. The van der Waals surface area contributed by atoms with Gasteiger partial charge < -0.3 is 4.74 Å². The number of hydrogen-bond donors (Lipinski definition) is 0. The van der Waals surface area contributed by atoms with E-state index in [0.717, 1.165) is 0 Å². The maximum atomic E-state index is 11.6. The van der Waals surface area contributed by atoms with Gasteiger partial charge in [0.15, 0.2) is 11.6 Å². The van der Waals surface area contributed by atoms with Gasteiger partial charge in [0.2, 0.25) is 0 Å². The molecule has 1 heterocycles. The molecule has 0 aliphatic carbocycles. The van der Waals surface area contributed by atoms with Crippen molar-refractivity contribution in [3.05, 3.63) is 21.3 Å². The molecule has 1 unspecified atom stereocenters. The van der Waals surface area contributed by atoms with Crippen LogP contribution in [0.4, 0.5) is 0 Å². The molecule has 0 aliphatic rings. The van der Waals surface area contributed by atoms with Gasteiger partial charge in [0.25, 0.3) is 0 Å². The minimum Gasteiger partial charge on any atom is -0.374 e. The molecule has 1 aromatic rings. The lowest BCUT2D eigenvalue weighted by Crippen LogP contribution is -2.21. The first-order chi connectivity index (χ1) is 7.04. The molecule has 0 N–H and O–H groups in total. The number of ketones is 2. The van der Waals surface area contributed by atoms with E-state index >= 15 is 0 Å². The third-order valence-corrected chi connectivity index (χ3v) is 3.26. The zero-order valence-electron chi connectivity index (χ0n) is 8.45. The van der Waals surface area contributed by atoms with Crippen molar-refractivity contribution in [1.29, 1.82) is 0 Å². The number of carbonyl (C=O) groups is 2. The zero-order valence-corrected chi connectivity index (χ0v) is 10.0. The Morgan fingerprint density at radius 2 is 2.20 bits per heavy atom. The molecule has 0 bridgehead atoms. The van der Waals surface area contributed by atoms with Crippen molar-refractivity contribution in [2.75, 3.05) is 7.11 Å². The third-order valence-electron chi connectivity index (χ3n) is 1.99.